The SMILES string of the molecule is [2H]c1c(-c2c3ccccc3c(-c3ccc4ccccc4c3)c3ccccc23)c([2H])c2c(oc3ccc4ccccc4c32)c1[2H]. The smallest absolute Gasteiger partial charge is 0.136 e. The minimum absolute atomic E-state index is 0.000349. The van der Waals surface area contributed by atoms with Gasteiger partial charge in [-0.3, -0.25) is 0 Å². The lowest BCUT2D eigenvalue weighted by atomic mass is 9.85. The van der Waals surface area contributed by atoms with Crippen molar-refractivity contribution < 1.29 is 8.53 Å². The molecular weight excluding hydrogens is 496 g/mol. The van der Waals surface area contributed by atoms with Gasteiger partial charge in [0.25, 0.3) is 0 Å². The molecule has 0 bridgehead atoms. The molecule has 0 saturated heterocycles. The predicted octanol–water partition coefficient (Wildman–Crippen LogP) is 11.5. The van der Waals surface area contributed by atoms with Crippen LogP contribution in [0.3, 0.4) is 0 Å². The van der Waals surface area contributed by atoms with E-state index in [0.717, 1.165) is 54.4 Å². The van der Waals surface area contributed by atoms with Crippen molar-refractivity contribution in [3.05, 3.63) is 146 Å². The van der Waals surface area contributed by atoms with Gasteiger partial charge >= 0.3 is 0 Å². The zero-order valence-corrected chi connectivity index (χ0v) is 22.0. The van der Waals surface area contributed by atoms with Crippen LogP contribution < -0.4 is 0 Å². The number of benzene rings is 8. The molecule has 41 heavy (non-hydrogen) atoms. The molecule has 0 fully saturated rings. The van der Waals surface area contributed by atoms with Crippen molar-refractivity contribution in [3.8, 4) is 22.3 Å². The summed E-state index contributed by atoms with van der Waals surface area (Å²) in [5.74, 6) is 0. The van der Waals surface area contributed by atoms with Crippen molar-refractivity contribution in [2.24, 2.45) is 0 Å². The summed E-state index contributed by atoms with van der Waals surface area (Å²) in [5.41, 5.74) is 4.41. The minimum Gasteiger partial charge on any atom is -0.456 e. The number of furan rings is 1. The maximum Gasteiger partial charge on any atom is 0.136 e. The Morgan fingerprint density at radius 1 is 0.415 bits per heavy atom. The number of hydrogen-bond donors (Lipinski definition) is 0. The fourth-order valence-electron chi connectivity index (χ4n) is 6.53. The molecule has 0 atom stereocenters. The van der Waals surface area contributed by atoms with Gasteiger partial charge in [-0.05, 0) is 89.6 Å². The van der Waals surface area contributed by atoms with Crippen molar-refractivity contribution in [2.45, 2.75) is 0 Å². The molecule has 0 amide bonds. The second kappa shape index (κ2) is 8.55. The maximum atomic E-state index is 9.68. The summed E-state index contributed by atoms with van der Waals surface area (Å²) in [6.07, 6.45) is 0. The van der Waals surface area contributed by atoms with Crippen LogP contribution in [-0.2, 0) is 0 Å². The number of rotatable bonds is 2. The van der Waals surface area contributed by atoms with Gasteiger partial charge in [-0.15, -0.1) is 0 Å². The minimum atomic E-state index is -0.00181. The molecule has 1 aromatic heterocycles. The third-order valence-corrected chi connectivity index (χ3v) is 8.35. The summed E-state index contributed by atoms with van der Waals surface area (Å²) in [6.45, 7) is 0. The van der Waals surface area contributed by atoms with E-state index in [-0.39, 0.29) is 23.7 Å². The van der Waals surface area contributed by atoms with Crippen molar-refractivity contribution >= 4 is 65.0 Å². The van der Waals surface area contributed by atoms with Crippen LogP contribution in [0.5, 0.6) is 0 Å². The molecule has 0 aliphatic carbocycles. The largest absolute Gasteiger partial charge is 0.456 e. The van der Waals surface area contributed by atoms with Crippen molar-refractivity contribution in [1.29, 1.82) is 0 Å². The molecule has 0 saturated carbocycles. The van der Waals surface area contributed by atoms with Gasteiger partial charge < -0.3 is 4.42 Å². The van der Waals surface area contributed by atoms with Gasteiger partial charge in [0, 0.05) is 10.8 Å². The van der Waals surface area contributed by atoms with Gasteiger partial charge in [0.1, 0.15) is 11.2 Å². The highest BCUT2D eigenvalue weighted by atomic mass is 16.3. The Hall–Kier alpha value is -5.40. The average molecular weight is 524 g/mol. The second-order valence-corrected chi connectivity index (χ2v) is 10.6. The molecule has 8 aromatic carbocycles. The topological polar surface area (TPSA) is 13.1 Å². The van der Waals surface area contributed by atoms with E-state index in [2.05, 4.69) is 66.7 Å². The molecule has 0 unspecified atom stereocenters. The Morgan fingerprint density at radius 3 is 1.68 bits per heavy atom. The Morgan fingerprint density at radius 2 is 0.976 bits per heavy atom. The molecule has 0 N–H and O–H groups in total. The zero-order valence-electron chi connectivity index (χ0n) is 25.0. The number of fused-ring (bicyclic) bond motifs is 8. The van der Waals surface area contributed by atoms with Gasteiger partial charge in [-0.2, -0.15) is 0 Å². The average Bonchev–Trinajstić information content (AvgIpc) is 3.48. The normalized spacial score (nSPS) is 12.9. The molecule has 1 heterocycles. The third-order valence-electron chi connectivity index (χ3n) is 8.35. The molecule has 0 aliphatic rings. The summed E-state index contributed by atoms with van der Waals surface area (Å²) in [6, 6.07) is 43.7. The summed E-state index contributed by atoms with van der Waals surface area (Å²) in [5, 5.41) is 9.78. The quantitative estimate of drug-likeness (QED) is 0.205. The first kappa shape index (κ1) is 19.6. The second-order valence-electron chi connectivity index (χ2n) is 10.6. The van der Waals surface area contributed by atoms with E-state index >= 15 is 0 Å². The van der Waals surface area contributed by atoms with E-state index in [1.54, 1.807) is 0 Å². The molecule has 1 heteroatoms. The van der Waals surface area contributed by atoms with Crippen molar-refractivity contribution in [2.75, 3.05) is 0 Å². The molecule has 0 radical (unpaired) electrons. The molecule has 1 nitrogen and oxygen atoms in total. The highest BCUT2D eigenvalue weighted by molar-refractivity contribution is 6.24. The molecule has 0 spiro atoms. The van der Waals surface area contributed by atoms with E-state index < -0.39 is 0 Å². The molecule has 0 aliphatic heterocycles. The lowest BCUT2D eigenvalue weighted by Crippen LogP contribution is -1.91. The lowest BCUT2D eigenvalue weighted by Gasteiger charge is -2.18. The van der Waals surface area contributed by atoms with Crippen LogP contribution >= 0.6 is 0 Å². The van der Waals surface area contributed by atoms with Crippen LogP contribution in [0, 0.1) is 0 Å². The van der Waals surface area contributed by atoms with Crippen LogP contribution in [0.1, 0.15) is 4.11 Å². The summed E-state index contributed by atoms with van der Waals surface area (Å²) < 4.78 is 34.3. The Balaban J connectivity index is 1.46. The van der Waals surface area contributed by atoms with Crippen molar-refractivity contribution in [1.82, 2.24) is 0 Å². The first-order valence-corrected chi connectivity index (χ1v) is 13.9. The molecular formula is C40H24O. The fourth-order valence-corrected chi connectivity index (χ4v) is 6.53. The Kier molecular flexibility index (Phi) is 4.09. The van der Waals surface area contributed by atoms with Gasteiger partial charge in [0.05, 0.1) is 4.11 Å². The first-order chi connectivity index (χ1) is 21.6. The molecule has 190 valence electrons. The van der Waals surface area contributed by atoms with Crippen LogP contribution in [0.25, 0.3) is 87.3 Å². The zero-order chi connectivity index (χ0) is 29.5. The lowest BCUT2D eigenvalue weighted by molar-refractivity contribution is 0.669. The van der Waals surface area contributed by atoms with Crippen LogP contribution in [0.4, 0.5) is 0 Å². The summed E-state index contributed by atoms with van der Waals surface area (Å²) >= 11 is 0. The Labute approximate surface area is 241 Å². The first-order valence-electron chi connectivity index (χ1n) is 15.4. The van der Waals surface area contributed by atoms with Gasteiger partial charge in [-0.1, -0.05) is 121 Å². The highest BCUT2D eigenvalue weighted by Gasteiger charge is 2.18. The van der Waals surface area contributed by atoms with Crippen LogP contribution in [-0.4, -0.2) is 0 Å². The van der Waals surface area contributed by atoms with E-state index in [1.165, 1.54) is 10.8 Å². The van der Waals surface area contributed by atoms with Crippen molar-refractivity contribution in [3.63, 3.8) is 0 Å². The van der Waals surface area contributed by atoms with E-state index in [4.69, 9.17) is 5.79 Å². The third kappa shape index (κ3) is 3.30. The fraction of sp³-hybridized carbons (Fsp3) is 0. The van der Waals surface area contributed by atoms with E-state index in [0.29, 0.717) is 16.5 Å². The van der Waals surface area contributed by atoms with Crippen LogP contribution in [0.15, 0.2) is 150 Å². The van der Waals surface area contributed by atoms with Gasteiger partial charge in [0.2, 0.25) is 0 Å². The van der Waals surface area contributed by atoms with Gasteiger partial charge in [-0.25, -0.2) is 0 Å². The summed E-state index contributed by atoms with van der Waals surface area (Å²) in [7, 11) is 0. The predicted molar refractivity (Wildman–Crippen MR) is 175 cm³/mol. The standard InChI is InChI=1S/C40H24O/c1-2-11-27-23-28(18-17-25(27)9-1)38-31-13-5-7-15-33(31)39(34-16-8-6-14-32(34)38)29-20-21-36-35(24-29)40-30-12-4-3-10-26(30)19-22-37(40)41-36/h1-24H/i20D,21D,24D. The van der Waals surface area contributed by atoms with Gasteiger partial charge in [0.15, 0.2) is 0 Å². The summed E-state index contributed by atoms with van der Waals surface area (Å²) in [4.78, 5) is 0. The van der Waals surface area contributed by atoms with E-state index in [9.17, 15) is 2.74 Å². The monoisotopic (exact) mass is 523 g/mol. The maximum absolute atomic E-state index is 9.68. The van der Waals surface area contributed by atoms with Crippen LogP contribution in [0.2, 0.25) is 0 Å². The number of hydrogen-bond acceptors (Lipinski definition) is 1. The Bertz CT molecular complexity index is 2590. The van der Waals surface area contributed by atoms with E-state index in [1.807, 2.05) is 60.7 Å². The molecule has 9 rings (SSSR count). The molecule has 9 aromatic rings. The highest BCUT2D eigenvalue weighted by Crippen LogP contribution is 2.45.